The molecule has 2 aromatic rings. The molecule has 8 heteroatoms. The number of carbonyl (C=O) groups excluding carboxylic acids is 2. The van der Waals surface area contributed by atoms with E-state index in [0.29, 0.717) is 10.8 Å². The van der Waals surface area contributed by atoms with Gasteiger partial charge in [-0.3, -0.25) is 9.59 Å². The van der Waals surface area contributed by atoms with E-state index in [0.717, 1.165) is 0 Å². The van der Waals surface area contributed by atoms with E-state index in [1.165, 1.54) is 52.3 Å². The predicted molar refractivity (Wildman–Crippen MR) is 98.7 cm³/mol. The van der Waals surface area contributed by atoms with Gasteiger partial charge in [0.05, 0.1) is 37.2 Å². The molecule has 8 nitrogen and oxygen atoms in total. The maximum absolute atomic E-state index is 12.2. The number of aromatic carboxylic acids is 2. The van der Waals surface area contributed by atoms with Crippen molar-refractivity contribution in [3.8, 4) is 0 Å². The van der Waals surface area contributed by atoms with Gasteiger partial charge >= 0.3 is 23.9 Å². The molecule has 0 amide bonds. The summed E-state index contributed by atoms with van der Waals surface area (Å²) < 4.78 is 9.49. The van der Waals surface area contributed by atoms with Crippen LogP contribution in [0.25, 0.3) is 10.8 Å². The van der Waals surface area contributed by atoms with Crippen molar-refractivity contribution in [1.82, 2.24) is 0 Å². The van der Waals surface area contributed by atoms with Gasteiger partial charge < -0.3 is 19.7 Å². The molecule has 0 unspecified atom stereocenters. The number of benzene rings is 2. The fourth-order valence-electron chi connectivity index (χ4n) is 3.22. The van der Waals surface area contributed by atoms with Gasteiger partial charge in [0.1, 0.15) is 0 Å². The number of carbonyl (C=O) groups is 4. The summed E-state index contributed by atoms with van der Waals surface area (Å²) in [6, 6.07) is 5.59. The first-order valence-corrected chi connectivity index (χ1v) is 8.36. The molecule has 0 spiro atoms. The lowest BCUT2D eigenvalue weighted by Gasteiger charge is -2.21. The molecular weight excluding hydrogens is 368 g/mol. The van der Waals surface area contributed by atoms with Gasteiger partial charge in [0.15, 0.2) is 0 Å². The third kappa shape index (κ3) is 3.66. The van der Waals surface area contributed by atoms with Crippen molar-refractivity contribution in [2.75, 3.05) is 14.2 Å². The van der Waals surface area contributed by atoms with E-state index in [1.807, 2.05) is 0 Å². The molecule has 0 bridgehead atoms. The number of carboxylic acids is 2. The normalized spacial score (nSPS) is 12.9. The zero-order chi connectivity index (χ0) is 21.2. The molecule has 0 aliphatic rings. The SMILES string of the molecule is COC(=O)[C@@H](C)c1cc2cc(C(=O)O)ccc2c([C@H](C)C(=O)OC)c1C(=O)O. The topological polar surface area (TPSA) is 127 Å². The number of rotatable bonds is 6. The fourth-order valence-corrected chi connectivity index (χ4v) is 3.22. The Morgan fingerprint density at radius 3 is 1.93 bits per heavy atom. The first kappa shape index (κ1) is 20.9. The number of esters is 2. The lowest BCUT2D eigenvalue weighted by Crippen LogP contribution is -2.20. The van der Waals surface area contributed by atoms with Gasteiger partial charge in [-0.05, 0) is 53.9 Å². The molecule has 0 aliphatic heterocycles. The average molecular weight is 388 g/mol. The van der Waals surface area contributed by atoms with Gasteiger partial charge in [0.25, 0.3) is 0 Å². The maximum Gasteiger partial charge on any atom is 0.336 e. The molecule has 2 N–H and O–H groups in total. The minimum atomic E-state index is -1.32. The summed E-state index contributed by atoms with van der Waals surface area (Å²) >= 11 is 0. The molecule has 0 saturated heterocycles. The Kier molecular flexibility index (Phi) is 6.03. The van der Waals surface area contributed by atoms with Crippen molar-refractivity contribution in [3.63, 3.8) is 0 Å². The number of fused-ring (bicyclic) bond motifs is 1. The van der Waals surface area contributed by atoms with Crippen LogP contribution in [0.3, 0.4) is 0 Å². The van der Waals surface area contributed by atoms with Gasteiger partial charge in [-0.15, -0.1) is 0 Å². The van der Waals surface area contributed by atoms with Gasteiger partial charge in [0.2, 0.25) is 0 Å². The molecule has 148 valence electrons. The molecule has 0 heterocycles. The van der Waals surface area contributed by atoms with Crippen LogP contribution in [-0.2, 0) is 19.1 Å². The molecule has 0 aromatic heterocycles. The van der Waals surface area contributed by atoms with Crippen LogP contribution in [0.5, 0.6) is 0 Å². The van der Waals surface area contributed by atoms with Gasteiger partial charge in [-0.1, -0.05) is 6.07 Å². The second kappa shape index (κ2) is 8.08. The highest BCUT2D eigenvalue weighted by Crippen LogP contribution is 2.36. The van der Waals surface area contributed by atoms with E-state index in [1.54, 1.807) is 0 Å². The Bertz CT molecular complexity index is 976. The van der Waals surface area contributed by atoms with Gasteiger partial charge in [-0.25, -0.2) is 9.59 Å². The van der Waals surface area contributed by atoms with Crippen LogP contribution in [0.4, 0.5) is 0 Å². The van der Waals surface area contributed by atoms with E-state index < -0.39 is 35.7 Å². The Hall–Kier alpha value is -3.42. The second-order valence-corrected chi connectivity index (χ2v) is 6.29. The predicted octanol–water partition coefficient (Wildman–Crippen LogP) is 2.79. The average Bonchev–Trinajstić information content (AvgIpc) is 2.69. The minimum Gasteiger partial charge on any atom is -0.478 e. The Balaban J connectivity index is 2.99. The summed E-state index contributed by atoms with van der Waals surface area (Å²) in [6.07, 6.45) is 0. The Morgan fingerprint density at radius 2 is 1.43 bits per heavy atom. The van der Waals surface area contributed by atoms with Crippen molar-refractivity contribution in [2.24, 2.45) is 0 Å². The van der Waals surface area contributed by atoms with Crippen LogP contribution < -0.4 is 0 Å². The molecule has 0 aliphatic carbocycles. The second-order valence-electron chi connectivity index (χ2n) is 6.29. The maximum atomic E-state index is 12.2. The summed E-state index contributed by atoms with van der Waals surface area (Å²) in [5, 5.41) is 19.9. The highest BCUT2D eigenvalue weighted by Gasteiger charge is 2.31. The lowest BCUT2D eigenvalue weighted by atomic mass is 9.83. The molecule has 0 radical (unpaired) electrons. The smallest absolute Gasteiger partial charge is 0.336 e. The van der Waals surface area contributed by atoms with E-state index in [4.69, 9.17) is 9.47 Å². The molecule has 0 fully saturated rings. The van der Waals surface area contributed by atoms with Crippen molar-refractivity contribution in [1.29, 1.82) is 0 Å². The number of hydrogen-bond donors (Lipinski definition) is 2. The zero-order valence-corrected chi connectivity index (χ0v) is 15.8. The summed E-state index contributed by atoms with van der Waals surface area (Å²) in [4.78, 5) is 47.7. The molecular formula is C20H20O8. The quantitative estimate of drug-likeness (QED) is 0.723. The molecule has 2 aromatic carbocycles. The fraction of sp³-hybridized carbons (Fsp3) is 0.300. The molecule has 0 saturated carbocycles. The van der Waals surface area contributed by atoms with Crippen molar-refractivity contribution in [2.45, 2.75) is 25.7 Å². The third-order valence-electron chi connectivity index (χ3n) is 4.68. The van der Waals surface area contributed by atoms with Crippen molar-refractivity contribution >= 4 is 34.6 Å². The minimum absolute atomic E-state index is 0.0103. The molecule has 28 heavy (non-hydrogen) atoms. The number of hydrogen-bond acceptors (Lipinski definition) is 6. The number of carboxylic acid groups (broad SMARTS) is 2. The van der Waals surface area contributed by atoms with Crippen LogP contribution in [0.2, 0.25) is 0 Å². The van der Waals surface area contributed by atoms with E-state index in [2.05, 4.69) is 0 Å². The number of ether oxygens (including phenoxy) is 2. The van der Waals surface area contributed by atoms with Crippen molar-refractivity contribution < 1.29 is 38.9 Å². The molecule has 2 atom stereocenters. The van der Waals surface area contributed by atoms with E-state index in [9.17, 15) is 29.4 Å². The van der Waals surface area contributed by atoms with Crippen LogP contribution in [0.1, 0.15) is 57.5 Å². The van der Waals surface area contributed by atoms with Crippen LogP contribution >= 0.6 is 0 Å². The number of methoxy groups -OCH3 is 2. The Labute approximate surface area is 160 Å². The summed E-state index contributed by atoms with van der Waals surface area (Å²) in [5.41, 5.74) is 0.0648. The van der Waals surface area contributed by atoms with E-state index >= 15 is 0 Å². The van der Waals surface area contributed by atoms with E-state index in [-0.39, 0.29) is 22.3 Å². The van der Waals surface area contributed by atoms with Crippen LogP contribution in [0.15, 0.2) is 24.3 Å². The molecule has 2 rings (SSSR count). The third-order valence-corrected chi connectivity index (χ3v) is 4.68. The Morgan fingerprint density at radius 1 is 0.857 bits per heavy atom. The monoisotopic (exact) mass is 388 g/mol. The van der Waals surface area contributed by atoms with Crippen LogP contribution in [-0.4, -0.2) is 48.3 Å². The zero-order valence-electron chi connectivity index (χ0n) is 15.8. The summed E-state index contributed by atoms with van der Waals surface area (Å²) in [5.74, 6) is -5.70. The van der Waals surface area contributed by atoms with Gasteiger partial charge in [0, 0.05) is 0 Å². The standard InChI is InChI=1S/C20H20O8/c1-9(19(25)27-3)14-8-12-7-11(17(21)22)5-6-13(12)15(16(14)18(23)24)10(2)20(26)28-4/h5-10H,1-4H3,(H,21,22)(H,23,24)/t9-,10-/m0/s1. The highest BCUT2D eigenvalue weighted by molar-refractivity contribution is 6.05. The summed E-state index contributed by atoms with van der Waals surface area (Å²) in [7, 11) is 2.37. The highest BCUT2D eigenvalue weighted by atomic mass is 16.5. The van der Waals surface area contributed by atoms with Crippen molar-refractivity contribution in [3.05, 3.63) is 46.5 Å². The van der Waals surface area contributed by atoms with Crippen LogP contribution in [0, 0.1) is 0 Å². The van der Waals surface area contributed by atoms with Gasteiger partial charge in [-0.2, -0.15) is 0 Å². The largest absolute Gasteiger partial charge is 0.478 e. The first-order chi connectivity index (χ1) is 13.1. The summed E-state index contributed by atoms with van der Waals surface area (Å²) in [6.45, 7) is 2.97. The first-order valence-electron chi connectivity index (χ1n) is 8.36. The lowest BCUT2D eigenvalue weighted by molar-refractivity contribution is -0.142.